The first-order chi connectivity index (χ1) is 13.6. The summed E-state index contributed by atoms with van der Waals surface area (Å²) in [6.45, 7) is 1.08. The molecule has 2 heterocycles. The Bertz CT molecular complexity index is 998. The van der Waals surface area contributed by atoms with Crippen molar-refractivity contribution < 1.29 is 23.3 Å². The molecule has 1 N–H and O–H groups in total. The number of ether oxygens (including phenoxy) is 4. The lowest BCUT2D eigenvalue weighted by molar-refractivity contribution is 0.0317. The van der Waals surface area contributed by atoms with Crippen molar-refractivity contribution >= 4 is 34.0 Å². The fourth-order valence-corrected chi connectivity index (χ4v) is 2.98. The lowest BCUT2D eigenvalue weighted by Gasteiger charge is -2.15. The molecule has 1 atom stereocenters. The number of methoxy groups -OCH3 is 1. The molecule has 0 aliphatic carbocycles. The minimum absolute atomic E-state index is 0.0211. The molecule has 1 aromatic heterocycles. The van der Waals surface area contributed by atoms with Crippen molar-refractivity contribution in [3.63, 3.8) is 0 Å². The maximum absolute atomic E-state index is 13.4. The minimum atomic E-state index is -0.488. The van der Waals surface area contributed by atoms with Crippen LogP contribution in [0.3, 0.4) is 0 Å². The van der Waals surface area contributed by atoms with Crippen molar-refractivity contribution in [1.29, 1.82) is 0 Å². The molecule has 1 unspecified atom stereocenters. The second kappa shape index (κ2) is 8.14. The van der Waals surface area contributed by atoms with Crippen LogP contribution in [0.1, 0.15) is 0 Å². The van der Waals surface area contributed by atoms with E-state index >= 15 is 0 Å². The summed E-state index contributed by atoms with van der Waals surface area (Å²) in [6.07, 6.45) is 1.30. The van der Waals surface area contributed by atoms with E-state index in [-0.39, 0.29) is 17.9 Å². The molecule has 9 heteroatoms. The summed E-state index contributed by atoms with van der Waals surface area (Å²) in [4.78, 5) is 8.57. The Morgan fingerprint density at radius 1 is 1.25 bits per heavy atom. The number of nitrogens with zero attached hydrogens (tertiary/aromatic N) is 2. The molecular formula is C19H17ClFN3O4. The average Bonchev–Trinajstić information content (AvgIpc) is 3.22. The van der Waals surface area contributed by atoms with Crippen molar-refractivity contribution in [2.24, 2.45) is 0 Å². The number of halogens is 2. The quantitative estimate of drug-likeness (QED) is 0.666. The first kappa shape index (κ1) is 18.7. The summed E-state index contributed by atoms with van der Waals surface area (Å²) in [5, 5.41) is 3.87. The van der Waals surface area contributed by atoms with Crippen LogP contribution in [0.25, 0.3) is 10.9 Å². The smallest absolute Gasteiger partial charge is 0.162 e. The molecule has 0 radical (unpaired) electrons. The van der Waals surface area contributed by atoms with Gasteiger partial charge in [-0.15, -0.1) is 0 Å². The van der Waals surface area contributed by atoms with E-state index in [1.807, 2.05) is 0 Å². The van der Waals surface area contributed by atoms with E-state index in [0.717, 1.165) is 0 Å². The maximum Gasteiger partial charge on any atom is 0.162 e. The molecule has 0 amide bonds. The zero-order valence-electron chi connectivity index (χ0n) is 14.9. The zero-order valence-corrected chi connectivity index (χ0v) is 15.7. The monoisotopic (exact) mass is 405 g/mol. The Balaban J connectivity index is 1.66. The van der Waals surface area contributed by atoms with Crippen molar-refractivity contribution in [2.45, 2.75) is 6.10 Å². The second-order valence-corrected chi connectivity index (χ2v) is 6.49. The topological polar surface area (TPSA) is 74.7 Å². The number of benzene rings is 2. The SMILES string of the molecule is COc1cc2ncnc(Nc3ccc(F)c(Cl)c3)c2cc1OCC1COCO1. The Labute approximate surface area is 165 Å². The van der Waals surface area contributed by atoms with Crippen LogP contribution >= 0.6 is 11.6 Å². The van der Waals surface area contributed by atoms with Gasteiger partial charge in [-0.05, 0) is 24.3 Å². The van der Waals surface area contributed by atoms with Gasteiger partial charge in [0.1, 0.15) is 37.5 Å². The van der Waals surface area contributed by atoms with Gasteiger partial charge in [0.25, 0.3) is 0 Å². The summed E-state index contributed by atoms with van der Waals surface area (Å²) < 4.78 is 35.3. The third kappa shape index (κ3) is 3.94. The number of nitrogens with one attached hydrogen (secondary N) is 1. The normalized spacial score (nSPS) is 16.3. The summed E-state index contributed by atoms with van der Waals surface area (Å²) in [5.74, 6) is 1.11. The standard InChI is InChI=1S/C19H17ClFN3O4/c1-25-17-6-16-13(5-18(17)27-8-12-7-26-10-28-12)19(23-9-22-16)24-11-2-3-15(21)14(20)4-11/h2-6,9,12H,7-8,10H2,1H3,(H,22,23,24). The molecule has 7 nitrogen and oxygen atoms in total. The molecule has 0 bridgehead atoms. The van der Waals surface area contributed by atoms with Gasteiger partial charge in [0, 0.05) is 17.1 Å². The van der Waals surface area contributed by atoms with Crippen LogP contribution in [0.2, 0.25) is 5.02 Å². The largest absolute Gasteiger partial charge is 0.493 e. The fourth-order valence-electron chi connectivity index (χ4n) is 2.80. The van der Waals surface area contributed by atoms with E-state index in [4.69, 9.17) is 30.5 Å². The Hall–Kier alpha value is -2.68. The molecule has 3 aromatic rings. The number of hydrogen-bond acceptors (Lipinski definition) is 7. The van der Waals surface area contributed by atoms with Crippen molar-refractivity contribution in [2.75, 3.05) is 32.4 Å². The van der Waals surface area contributed by atoms with Gasteiger partial charge in [-0.2, -0.15) is 0 Å². The fraction of sp³-hybridized carbons (Fsp3) is 0.263. The molecule has 1 saturated heterocycles. The van der Waals surface area contributed by atoms with E-state index in [9.17, 15) is 4.39 Å². The van der Waals surface area contributed by atoms with Gasteiger partial charge in [0.15, 0.2) is 11.5 Å². The van der Waals surface area contributed by atoms with Crippen LogP contribution < -0.4 is 14.8 Å². The summed E-state index contributed by atoms with van der Waals surface area (Å²) in [5.41, 5.74) is 1.26. The molecule has 0 spiro atoms. The predicted molar refractivity (Wildman–Crippen MR) is 102 cm³/mol. The number of fused-ring (bicyclic) bond motifs is 1. The first-order valence-electron chi connectivity index (χ1n) is 8.51. The number of anilines is 2. The van der Waals surface area contributed by atoms with Gasteiger partial charge in [-0.3, -0.25) is 0 Å². The van der Waals surface area contributed by atoms with E-state index in [0.29, 0.717) is 47.1 Å². The van der Waals surface area contributed by atoms with Gasteiger partial charge in [0.2, 0.25) is 0 Å². The van der Waals surface area contributed by atoms with Crippen molar-refractivity contribution in [3.05, 3.63) is 47.5 Å². The minimum Gasteiger partial charge on any atom is -0.493 e. The lowest BCUT2D eigenvalue weighted by Crippen LogP contribution is -2.19. The van der Waals surface area contributed by atoms with Crippen LogP contribution in [0.4, 0.5) is 15.9 Å². The average molecular weight is 406 g/mol. The van der Waals surface area contributed by atoms with Crippen LogP contribution in [0.5, 0.6) is 11.5 Å². The molecule has 1 fully saturated rings. The molecule has 4 rings (SSSR count). The summed E-state index contributed by atoms with van der Waals surface area (Å²) in [7, 11) is 1.56. The molecule has 1 aliphatic heterocycles. The molecule has 1 aliphatic rings. The molecule has 0 saturated carbocycles. The maximum atomic E-state index is 13.4. The summed E-state index contributed by atoms with van der Waals surface area (Å²) in [6, 6.07) is 7.91. The van der Waals surface area contributed by atoms with E-state index < -0.39 is 5.82 Å². The second-order valence-electron chi connectivity index (χ2n) is 6.08. The number of aromatic nitrogens is 2. The number of rotatable bonds is 6. The van der Waals surface area contributed by atoms with Crippen LogP contribution in [0.15, 0.2) is 36.7 Å². The van der Waals surface area contributed by atoms with Crippen molar-refractivity contribution in [1.82, 2.24) is 9.97 Å². The Morgan fingerprint density at radius 3 is 2.89 bits per heavy atom. The molecule has 146 valence electrons. The zero-order chi connectivity index (χ0) is 19.5. The Morgan fingerprint density at radius 2 is 2.14 bits per heavy atom. The number of hydrogen-bond donors (Lipinski definition) is 1. The van der Waals surface area contributed by atoms with Crippen molar-refractivity contribution in [3.8, 4) is 11.5 Å². The van der Waals surface area contributed by atoms with Gasteiger partial charge < -0.3 is 24.3 Å². The molecular weight excluding hydrogens is 389 g/mol. The van der Waals surface area contributed by atoms with Crippen LogP contribution in [-0.2, 0) is 9.47 Å². The highest BCUT2D eigenvalue weighted by Crippen LogP contribution is 2.35. The van der Waals surface area contributed by atoms with Crippen LogP contribution in [-0.4, -0.2) is 43.2 Å². The van der Waals surface area contributed by atoms with E-state index in [2.05, 4.69) is 15.3 Å². The summed E-state index contributed by atoms with van der Waals surface area (Å²) >= 11 is 5.86. The molecule has 28 heavy (non-hydrogen) atoms. The first-order valence-corrected chi connectivity index (χ1v) is 8.89. The highest BCUT2D eigenvalue weighted by atomic mass is 35.5. The lowest BCUT2D eigenvalue weighted by atomic mass is 10.2. The van der Waals surface area contributed by atoms with Gasteiger partial charge in [0.05, 0.1) is 24.3 Å². The molecule has 2 aromatic carbocycles. The van der Waals surface area contributed by atoms with Gasteiger partial charge in [-0.1, -0.05) is 11.6 Å². The van der Waals surface area contributed by atoms with Crippen LogP contribution in [0, 0.1) is 5.82 Å². The highest BCUT2D eigenvalue weighted by Gasteiger charge is 2.19. The van der Waals surface area contributed by atoms with Gasteiger partial charge >= 0.3 is 0 Å². The third-order valence-corrected chi connectivity index (χ3v) is 4.51. The third-order valence-electron chi connectivity index (χ3n) is 4.22. The van der Waals surface area contributed by atoms with E-state index in [1.165, 1.54) is 18.5 Å². The Kier molecular flexibility index (Phi) is 5.43. The predicted octanol–water partition coefficient (Wildman–Crippen LogP) is 3.93. The van der Waals surface area contributed by atoms with Gasteiger partial charge in [-0.25, -0.2) is 14.4 Å². The van der Waals surface area contributed by atoms with E-state index in [1.54, 1.807) is 25.3 Å². The highest BCUT2D eigenvalue weighted by molar-refractivity contribution is 6.31.